The molecule has 2 saturated heterocycles. The van der Waals surface area contributed by atoms with Gasteiger partial charge in [0.1, 0.15) is 17.6 Å². The maximum atomic E-state index is 13.8. The molecule has 7 fully saturated rings. The monoisotopic (exact) mass is 502 g/mol. The Balaban J connectivity index is 1.42. The maximum Gasteiger partial charge on any atom is 0.315 e. The molecule has 7 nitrogen and oxygen atoms in total. The first kappa shape index (κ1) is 24.1. The fourth-order valence-electron chi connectivity index (χ4n) is 11.9. The summed E-state index contributed by atoms with van der Waals surface area (Å²) in [6.45, 7) is 15.1. The highest BCUT2D eigenvalue weighted by Crippen LogP contribution is 2.83. The van der Waals surface area contributed by atoms with E-state index in [1.807, 2.05) is 0 Å². The van der Waals surface area contributed by atoms with E-state index in [4.69, 9.17) is 9.47 Å². The van der Waals surface area contributed by atoms with Crippen LogP contribution in [-0.2, 0) is 14.3 Å². The molecule has 16 atom stereocenters. The minimum Gasteiger partial charge on any atom is -0.455 e. The van der Waals surface area contributed by atoms with E-state index < -0.39 is 51.7 Å². The number of hydrogen-bond acceptors (Lipinski definition) is 7. The summed E-state index contributed by atoms with van der Waals surface area (Å²) < 4.78 is 13.2. The van der Waals surface area contributed by atoms with Gasteiger partial charge in [-0.2, -0.15) is 0 Å². The van der Waals surface area contributed by atoms with Gasteiger partial charge in [-0.1, -0.05) is 41.2 Å². The lowest BCUT2D eigenvalue weighted by molar-refractivity contribution is -0.284. The molecule has 2 aliphatic heterocycles. The molecular weight excluding hydrogens is 460 g/mol. The highest BCUT2D eigenvalue weighted by atomic mass is 16.6. The van der Waals surface area contributed by atoms with Crippen molar-refractivity contribution >= 4 is 5.97 Å². The summed E-state index contributed by atoms with van der Waals surface area (Å²) in [6.07, 6.45) is -1.09. The highest BCUT2D eigenvalue weighted by molar-refractivity contribution is 5.83. The minimum atomic E-state index is -1.04. The zero-order chi connectivity index (χ0) is 26.0. The third-order valence-electron chi connectivity index (χ3n) is 13.6. The molecule has 7 aliphatic rings. The van der Waals surface area contributed by atoms with E-state index in [0.29, 0.717) is 37.7 Å². The van der Waals surface area contributed by atoms with Crippen LogP contribution in [-0.4, -0.2) is 68.6 Å². The molecule has 7 rings (SSSR count). The minimum absolute atomic E-state index is 0.00553. The lowest BCUT2D eigenvalue weighted by Crippen LogP contribution is -2.77. The fourth-order valence-corrected chi connectivity index (χ4v) is 11.9. The third kappa shape index (κ3) is 2.16. The van der Waals surface area contributed by atoms with E-state index in [1.54, 1.807) is 0 Å². The third-order valence-corrected chi connectivity index (χ3v) is 13.6. The lowest BCUT2D eigenvalue weighted by Gasteiger charge is -2.72. The summed E-state index contributed by atoms with van der Waals surface area (Å²) in [7, 11) is 0. The Morgan fingerprint density at radius 2 is 1.67 bits per heavy atom. The van der Waals surface area contributed by atoms with Crippen LogP contribution in [0.1, 0.15) is 66.7 Å². The first-order valence-corrected chi connectivity index (χ1v) is 14.0. The first-order valence-electron chi connectivity index (χ1n) is 14.0. The molecule has 0 aromatic heterocycles. The molecule has 5 aliphatic carbocycles. The van der Waals surface area contributed by atoms with E-state index in [2.05, 4.69) is 41.2 Å². The Labute approximate surface area is 213 Å². The van der Waals surface area contributed by atoms with Gasteiger partial charge in [-0.25, -0.2) is 0 Å². The molecule has 0 aromatic carbocycles. The molecule has 0 aromatic rings. The van der Waals surface area contributed by atoms with Crippen LogP contribution in [0.15, 0.2) is 12.2 Å². The van der Waals surface area contributed by atoms with Gasteiger partial charge in [0.15, 0.2) is 5.60 Å². The number of fused-ring (bicyclic) bond motifs is 6. The maximum absolute atomic E-state index is 13.8. The Hall–Kier alpha value is -0.990. The van der Waals surface area contributed by atoms with E-state index in [9.17, 15) is 25.2 Å². The first-order chi connectivity index (χ1) is 16.7. The largest absolute Gasteiger partial charge is 0.455 e. The Morgan fingerprint density at radius 1 is 0.972 bits per heavy atom. The number of epoxide rings is 1. The van der Waals surface area contributed by atoms with Gasteiger partial charge in [-0.05, 0) is 60.3 Å². The summed E-state index contributed by atoms with van der Waals surface area (Å²) in [4.78, 5) is 13.8. The smallest absolute Gasteiger partial charge is 0.315 e. The van der Waals surface area contributed by atoms with Crippen LogP contribution in [0, 0.1) is 51.2 Å². The number of aliphatic hydroxyl groups is 4. The summed E-state index contributed by atoms with van der Waals surface area (Å²) >= 11 is 0. The second-order valence-corrected chi connectivity index (χ2v) is 14.6. The van der Waals surface area contributed by atoms with Crippen molar-refractivity contribution in [3.8, 4) is 0 Å². The molecule has 5 saturated carbocycles. The van der Waals surface area contributed by atoms with Gasteiger partial charge in [0.25, 0.3) is 0 Å². The van der Waals surface area contributed by atoms with Crippen LogP contribution in [0.5, 0.6) is 0 Å². The lowest BCUT2D eigenvalue weighted by atomic mass is 9.31. The highest BCUT2D eigenvalue weighted by Gasteiger charge is 2.90. The van der Waals surface area contributed by atoms with Crippen molar-refractivity contribution in [3.05, 3.63) is 12.2 Å². The topological polar surface area (TPSA) is 120 Å². The number of aliphatic hydroxyl groups excluding tert-OH is 4. The van der Waals surface area contributed by atoms with Crippen molar-refractivity contribution in [2.24, 2.45) is 51.2 Å². The van der Waals surface area contributed by atoms with E-state index in [-0.39, 0.29) is 47.8 Å². The molecule has 0 amide bonds. The van der Waals surface area contributed by atoms with Crippen molar-refractivity contribution in [1.29, 1.82) is 0 Å². The van der Waals surface area contributed by atoms with E-state index >= 15 is 0 Å². The van der Waals surface area contributed by atoms with Gasteiger partial charge in [0.2, 0.25) is 0 Å². The number of ether oxygens (including phenoxy) is 2. The summed E-state index contributed by atoms with van der Waals surface area (Å²) in [5.74, 6) is -0.283. The van der Waals surface area contributed by atoms with E-state index in [1.165, 1.54) is 0 Å². The van der Waals surface area contributed by atoms with Crippen LogP contribution < -0.4 is 0 Å². The molecule has 0 radical (unpaired) electrons. The van der Waals surface area contributed by atoms with Crippen molar-refractivity contribution in [2.75, 3.05) is 0 Å². The molecule has 1 spiro atoms. The molecule has 7 heteroatoms. The predicted octanol–water partition coefficient (Wildman–Crippen LogP) is 2.19. The Morgan fingerprint density at radius 3 is 2.36 bits per heavy atom. The van der Waals surface area contributed by atoms with Gasteiger partial charge in [0, 0.05) is 23.2 Å². The second-order valence-electron chi connectivity index (χ2n) is 14.6. The van der Waals surface area contributed by atoms with Crippen LogP contribution >= 0.6 is 0 Å². The number of carbonyl (C=O) groups is 1. The van der Waals surface area contributed by atoms with Crippen LogP contribution in [0.2, 0.25) is 0 Å². The summed E-state index contributed by atoms with van der Waals surface area (Å²) in [5.41, 5.74) is -2.66. The average molecular weight is 503 g/mol. The van der Waals surface area contributed by atoms with Gasteiger partial charge in [-0.15, -0.1) is 0 Å². The fraction of sp³-hybridized carbons (Fsp3) is 0.897. The average Bonchev–Trinajstić information content (AvgIpc) is 3.52. The second kappa shape index (κ2) is 6.59. The molecule has 2 bridgehead atoms. The van der Waals surface area contributed by atoms with Crippen LogP contribution in [0.25, 0.3) is 0 Å². The van der Waals surface area contributed by atoms with Gasteiger partial charge >= 0.3 is 5.97 Å². The predicted molar refractivity (Wildman–Crippen MR) is 129 cm³/mol. The van der Waals surface area contributed by atoms with Gasteiger partial charge < -0.3 is 29.9 Å². The number of carbonyl (C=O) groups excluding carboxylic acids is 1. The number of hydrogen-bond donors (Lipinski definition) is 4. The standard InChI is InChI=1S/C29H42O7/c1-12-9-17(32)28-8-7-27(6)26(5)11-15(30)18-14(3)19(33)16(31)10-25(18,4)22(26)20-23(35-20)29(27,36-24(28)34)21(28)13(12)2/h12-13,15-23,30-33H,3,7-11H2,1-2,4-6H3. The van der Waals surface area contributed by atoms with Crippen molar-refractivity contribution in [3.63, 3.8) is 0 Å². The number of rotatable bonds is 0. The SMILES string of the molecule is C=C1C(O)C(O)CC2(C)C1C(O)CC1(C)C2C2OC2C23OC(=O)C4(CCC12C)C(O)CC(C)C(C)C43. The van der Waals surface area contributed by atoms with Crippen molar-refractivity contribution in [2.45, 2.75) is 109 Å². The van der Waals surface area contributed by atoms with Gasteiger partial charge in [0.05, 0.1) is 24.4 Å². The molecule has 2 heterocycles. The summed E-state index contributed by atoms with van der Waals surface area (Å²) in [5, 5.41) is 44.6. The van der Waals surface area contributed by atoms with Crippen molar-refractivity contribution in [1.82, 2.24) is 0 Å². The zero-order valence-corrected chi connectivity index (χ0v) is 22.1. The Kier molecular flexibility index (Phi) is 4.41. The zero-order valence-electron chi connectivity index (χ0n) is 22.1. The molecule has 36 heavy (non-hydrogen) atoms. The normalized spacial score (nSPS) is 67.0. The number of esters is 1. The quantitative estimate of drug-likeness (QED) is 0.228. The van der Waals surface area contributed by atoms with Gasteiger partial charge in [-0.3, -0.25) is 4.79 Å². The Bertz CT molecular complexity index is 1060. The molecule has 4 N–H and O–H groups in total. The molecular formula is C29H42O7. The molecule has 200 valence electrons. The molecule has 16 unspecified atom stereocenters. The van der Waals surface area contributed by atoms with Crippen LogP contribution in [0.3, 0.4) is 0 Å². The van der Waals surface area contributed by atoms with Crippen molar-refractivity contribution < 1.29 is 34.7 Å². The van der Waals surface area contributed by atoms with Crippen LogP contribution in [0.4, 0.5) is 0 Å². The van der Waals surface area contributed by atoms with E-state index in [0.717, 1.165) is 0 Å². The summed E-state index contributed by atoms with van der Waals surface area (Å²) in [6, 6.07) is 0.